The number of nitrogens with one attached hydrogen (secondary N) is 2. The maximum absolute atomic E-state index is 6.01. The molecule has 1 aliphatic rings. The molecule has 0 radical (unpaired) electrons. The lowest BCUT2D eigenvalue weighted by Crippen LogP contribution is -2.45. The Kier molecular flexibility index (Phi) is 10.7. The molecule has 3 rings (SSSR count). The van der Waals surface area contributed by atoms with Crippen LogP contribution in [0.3, 0.4) is 0 Å². The molecule has 1 heterocycles. The number of hydrogen-bond acceptors (Lipinski definition) is 5. The van der Waals surface area contributed by atoms with E-state index in [2.05, 4.69) is 15.5 Å². The maximum Gasteiger partial charge on any atom is 0.191 e. The number of para-hydroxylation sites is 3. The number of aliphatic imine (C=N–C) groups is 1. The summed E-state index contributed by atoms with van der Waals surface area (Å²) >= 11 is 0. The van der Waals surface area contributed by atoms with E-state index >= 15 is 0 Å². The summed E-state index contributed by atoms with van der Waals surface area (Å²) in [5.41, 5.74) is 1.06. The van der Waals surface area contributed by atoms with Crippen molar-refractivity contribution in [3.05, 3.63) is 54.1 Å². The third-order valence-corrected chi connectivity index (χ3v) is 4.59. The van der Waals surface area contributed by atoms with Crippen LogP contribution in [0.5, 0.6) is 17.2 Å². The van der Waals surface area contributed by atoms with Gasteiger partial charge in [0.1, 0.15) is 25.1 Å². The number of ether oxygens (including phenoxy) is 3. The van der Waals surface area contributed by atoms with Gasteiger partial charge in [-0.3, -0.25) is 0 Å². The number of benzene rings is 2. The van der Waals surface area contributed by atoms with Crippen molar-refractivity contribution in [1.82, 2.24) is 15.5 Å². The van der Waals surface area contributed by atoms with Gasteiger partial charge in [0.15, 0.2) is 17.5 Å². The summed E-state index contributed by atoms with van der Waals surface area (Å²) in [5.74, 6) is 3.18. The van der Waals surface area contributed by atoms with Gasteiger partial charge >= 0.3 is 0 Å². The van der Waals surface area contributed by atoms with E-state index < -0.39 is 0 Å². The molecular weight excluding hydrogens is 507 g/mol. The number of fused-ring (bicyclic) bond motifs is 1. The van der Waals surface area contributed by atoms with Gasteiger partial charge in [-0.05, 0) is 39.2 Å². The topological polar surface area (TPSA) is 67.4 Å². The Bertz CT molecular complexity index is 832. The fourth-order valence-electron chi connectivity index (χ4n) is 2.99. The number of halogens is 1. The highest BCUT2D eigenvalue weighted by molar-refractivity contribution is 14.0. The second kappa shape index (κ2) is 13.3. The molecule has 1 unspecified atom stereocenters. The number of hydrogen-bond donors (Lipinski definition) is 2. The SMILES string of the molecule is CCNC(=NCc1ccccc1OCCN(C)C)NCC1COc2ccccc2O1.I. The molecule has 0 saturated heterocycles. The predicted octanol–water partition coefficient (Wildman–Crippen LogP) is 3.14. The van der Waals surface area contributed by atoms with Crippen molar-refractivity contribution in [2.75, 3.05) is 46.9 Å². The molecule has 0 spiro atoms. The lowest BCUT2D eigenvalue weighted by atomic mass is 10.2. The molecule has 7 nitrogen and oxygen atoms in total. The summed E-state index contributed by atoms with van der Waals surface area (Å²) < 4.78 is 17.7. The van der Waals surface area contributed by atoms with E-state index in [9.17, 15) is 0 Å². The minimum atomic E-state index is -0.0783. The molecule has 1 atom stereocenters. The van der Waals surface area contributed by atoms with Crippen LogP contribution >= 0.6 is 24.0 Å². The first kappa shape index (κ1) is 25.1. The van der Waals surface area contributed by atoms with Gasteiger partial charge < -0.3 is 29.7 Å². The molecule has 170 valence electrons. The molecule has 0 aliphatic carbocycles. The summed E-state index contributed by atoms with van der Waals surface area (Å²) in [7, 11) is 4.07. The van der Waals surface area contributed by atoms with Gasteiger partial charge in [0, 0.05) is 18.7 Å². The highest BCUT2D eigenvalue weighted by atomic mass is 127. The minimum absolute atomic E-state index is 0. The third-order valence-electron chi connectivity index (χ3n) is 4.59. The van der Waals surface area contributed by atoms with Crippen molar-refractivity contribution in [2.45, 2.75) is 19.6 Å². The molecule has 0 bridgehead atoms. The van der Waals surface area contributed by atoms with Crippen LogP contribution in [-0.4, -0.2) is 63.9 Å². The molecule has 2 N–H and O–H groups in total. The Morgan fingerprint density at radius 3 is 2.61 bits per heavy atom. The Morgan fingerprint density at radius 1 is 1.10 bits per heavy atom. The lowest BCUT2D eigenvalue weighted by Gasteiger charge is -2.27. The first-order valence-corrected chi connectivity index (χ1v) is 10.4. The number of likely N-dealkylation sites (N-methyl/N-ethyl adjacent to an activating group) is 1. The van der Waals surface area contributed by atoms with Crippen LogP contribution in [0.15, 0.2) is 53.5 Å². The Hall–Kier alpha value is -2.20. The van der Waals surface area contributed by atoms with Crippen molar-refractivity contribution in [2.24, 2.45) is 4.99 Å². The number of nitrogens with zero attached hydrogens (tertiary/aromatic N) is 2. The van der Waals surface area contributed by atoms with E-state index in [0.29, 0.717) is 26.3 Å². The quantitative estimate of drug-likeness (QED) is 0.290. The van der Waals surface area contributed by atoms with E-state index in [1.54, 1.807) is 0 Å². The molecule has 2 aromatic rings. The van der Waals surface area contributed by atoms with Crippen LogP contribution in [0.1, 0.15) is 12.5 Å². The highest BCUT2D eigenvalue weighted by Gasteiger charge is 2.20. The molecule has 0 amide bonds. The maximum atomic E-state index is 6.01. The average Bonchev–Trinajstić information content (AvgIpc) is 2.76. The summed E-state index contributed by atoms with van der Waals surface area (Å²) in [6.45, 7) is 5.97. The molecule has 31 heavy (non-hydrogen) atoms. The van der Waals surface area contributed by atoms with Gasteiger partial charge in [0.25, 0.3) is 0 Å². The summed E-state index contributed by atoms with van der Waals surface area (Å²) in [6, 6.07) is 15.8. The van der Waals surface area contributed by atoms with Crippen molar-refractivity contribution in [3.8, 4) is 17.2 Å². The molecular formula is C23H33IN4O3. The lowest BCUT2D eigenvalue weighted by molar-refractivity contribution is 0.0936. The molecule has 8 heteroatoms. The van der Waals surface area contributed by atoms with Gasteiger partial charge in [-0.15, -0.1) is 24.0 Å². The molecule has 0 aromatic heterocycles. The fraction of sp³-hybridized carbons (Fsp3) is 0.435. The largest absolute Gasteiger partial charge is 0.492 e. The Morgan fingerprint density at radius 2 is 1.84 bits per heavy atom. The van der Waals surface area contributed by atoms with Gasteiger partial charge in [-0.2, -0.15) is 0 Å². The highest BCUT2D eigenvalue weighted by Crippen LogP contribution is 2.30. The minimum Gasteiger partial charge on any atom is -0.492 e. The van der Waals surface area contributed by atoms with E-state index in [4.69, 9.17) is 19.2 Å². The first-order valence-electron chi connectivity index (χ1n) is 10.4. The van der Waals surface area contributed by atoms with Gasteiger partial charge in [0.05, 0.1) is 13.1 Å². The van der Waals surface area contributed by atoms with Gasteiger partial charge in [-0.1, -0.05) is 30.3 Å². The zero-order chi connectivity index (χ0) is 21.2. The average molecular weight is 540 g/mol. The van der Waals surface area contributed by atoms with Crippen LogP contribution in [0, 0.1) is 0 Å². The standard InChI is InChI=1S/C23H32N4O3.HI/c1-4-24-23(26-16-19-17-29-21-11-7-8-12-22(21)30-19)25-15-18-9-5-6-10-20(18)28-14-13-27(2)3;/h5-12,19H,4,13-17H2,1-3H3,(H2,24,25,26);1H. The monoisotopic (exact) mass is 540 g/mol. The Labute approximate surface area is 202 Å². The molecule has 1 aliphatic heterocycles. The predicted molar refractivity (Wildman–Crippen MR) is 135 cm³/mol. The van der Waals surface area contributed by atoms with E-state index in [0.717, 1.165) is 41.9 Å². The molecule has 2 aromatic carbocycles. The van der Waals surface area contributed by atoms with Gasteiger partial charge in [0.2, 0.25) is 0 Å². The summed E-state index contributed by atoms with van der Waals surface area (Å²) in [6.07, 6.45) is -0.0783. The normalized spacial score (nSPS) is 15.2. The second-order valence-corrected chi connectivity index (χ2v) is 7.33. The van der Waals surface area contributed by atoms with Crippen LogP contribution in [0.2, 0.25) is 0 Å². The zero-order valence-electron chi connectivity index (χ0n) is 18.5. The van der Waals surface area contributed by atoms with Crippen molar-refractivity contribution in [1.29, 1.82) is 0 Å². The molecule has 0 saturated carbocycles. The van der Waals surface area contributed by atoms with Crippen LogP contribution in [0.4, 0.5) is 0 Å². The Balaban J connectivity index is 0.00000341. The van der Waals surface area contributed by atoms with Gasteiger partial charge in [-0.25, -0.2) is 4.99 Å². The zero-order valence-corrected chi connectivity index (χ0v) is 20.8. The number of rotatable bonds is 9. The summed E-state index contributed by atoms with van der Waals surface area (Å²) in [4.78, 5) is 6.82. The third kappa shape index (κ3) is 8.10. The first-order chi connectivity index (χ1) is 14.7. The second-order valence-electron chi connectivity index (χ2n) is 7.33. The van der Waals surface area contributed by atoms with E-state index in [-0.39, 0.29) is 30.1 Å². The number of guanidine groups is 1. The molecule has 0 fully saturated rings. The van der Waals surface area contributed by atoms with E-state index in [1.165, 1.54) is 0 Å². The van der Waals surface area contributed by atoms with Crippen LogP contribution in [-0.2, 0) is 6.54 Å². The van der Waals surface area contributed by atoms with E-state index in [1.807, 2.05) is 69.6 Å². The van der Waals surface area contributed by atoms with Crippen molar-refractivity contribution >= 4 is 29.9 Å². The van der Waals surface area contributed by atoms with Crippen LogP contribution < -0.4 is 24.8 Å². The van der Waals surface area contributed by atoms with Crippen molar-refractivity contribution in [3.63, 3.8) is 0 Å². The fourth-order valence-corrected chi connectivity index (χ4v) is 2.99. The smallest absolute Gasteiger partial charge is 0.191 e. The van der Waals surface area contributed by atoms with Crippen molar-refractivity contribution < 1.29 is 14.2 Å². The van der Waals surface area contributed by atoms with Crippen LogP contribution in [0.25, 0.3) is 0 Å². The summed E-state index contributed by atoms with van der Waals surface area (Å²) in [5, 5.41) is 6.64.